The zero-order valence-electron chi connectivity index (χ0n) is 9.58. The first-order valence-corrected chi connectivity index (χ1v) is 6.25. The normalized spacial score (nSPS) is 25.6. The van der Waals surface area contributed by atoms with Crippen molar-refractivity contribution in [1.29, 1.82) is 0 Å². The molecule has 1 aromatic rings. The minimum absolute atomic E-state index is 0.390. The molecule has 1 aromatic carbocycles. The van der Waals surface area contributed by atoms with Gasteiger partial charge in [0.2, 0.25) is 0 Å². The monoisotopic (exact) mass is 239 g/mol. The molecule has 1 N–H and O–H groups in total. The van der Waals surface area contributed by atoms with Gasteiger partial charge in [-0.2, -0.15) is 0 Å². The molecule has 0 unspecified atom stereocenters. The predicted molar refractivity (Wildman–Crippen MR) is 67.0 cm³/mol. The number of morpholine rings is 1. The van der Waals surface area contributed by atoms with Gasteiger partial charge in [-0.1, -0.05) is 30.7 Å². The summed E-state index contributed by atoms with van der Waals surface area (Å²) >= 11 is 5.85. The van der Waals surface area contributed by atoms with Crippen LogP contribution >= 0.6 is 11.6 Å². The maximum atomic E-state index is 5.85. The summed E-state index contributed by atoms with van der Waals surface area (Å²) in [6.45, 7) is 3.93. The Morgan fingerprint density at radius 1 is 1.38 bits per heavy atom. The average molecular weight is 240 g/mol. The lowest BCUT2D eigenvalue weighted by atomic mass is 10.0. The van der Waals surface area contributed by atoms with Crippen molar-refractivity contribution in [2.24, 2.45) is 0 Å². The van der Waals surface area contributed by atoms with Crippen LogP contribution in [0.15, 0.2) is 24.3 Å². The summed E-state index contributed by atoms with van der Waals surface area (Å²) in [5, 5.41) is 4.32. The van der Waals surface area contributed by atoms with Crippen molar-refractivity contribution in [3.63, 3.8) is 0 Å². The van der Waals surface area contributed by atoms with Crippen LogP contribution in [0.2, 0.25) is 5.02 Å². The van der Waals surface area contributed by atoms with E-state index in [2.05, 4.69) is 24.4 Å². The highest BCUT2D eigenvalue weighted by atomic mass is 35.5. The first-order chi connectivity index (χ1) is 7.78. The van der Waals surface area contributed by atoms with E-state index in [-0.39, 0.29) is 0 Å². The van der Waals surface area contributed by atoms with Gasteiger partial charge < -0.3 is 10.1 Å². The quantitative estimate of drug-likeness (QED) is 0.876. The molecule has 0 spiro atoms. The Bertz CT molecular complexity index is 317. The lowest BCUT2D eigenvalue weighted by Gasteiger charge is -2.29. The molecule has 0 aliphatic carbocycles. The van der Waals surface area contributed by atoms with Gasteiger partial charge in [0.15, 0.2) is 0 Å². The van der Waals surface area contributed by atoms with Crippen molar-refractivity contribution in [3.05, 3.63) is 34.9 Å². The third kappa shape index (κ3) is 3.21. The van der Waals surface area contributed by atoms with Crippen LogP contribution in [0.4, 0.5) is 0 Å². The third-order valence-corrected chi connectivity index (χ3v) is 3.27. The van der Waals surface area contributed by atoms with Gasteiger partial charge in [-0.3, -0.25) is 0 Å². The predicted octanol–water partition coefficient (Wildman–Crippen LogP) is 2.65. The van der Waals surface area contributed by atoms with Crippen LogP contribution in [0.5, 0.6) is 0 Å². The molecule has 0 bridgehead atoms. The summed E-state index contributed by atoms with van der Waals surface area (Å²) in [6, 6.07) is 8.47. The number of rotatable bonds is 3. The zero-order chi connectivity index (χ0) is 11.4. The van der Waals surface area contributed by atoms with E-state index in [4.69, 9.17) is 16.3 Å². The first-order valence-electron chi connectivity index (χ1n) is 5.87. The van der Waals surface area contributed by atoms with E-state index in [1.165, 1.54) is 5.56 Å². The van der Waals surface area contributed by atoms with Crippen molar-refractivity contribution >= 4 is 11.6 Å². The smallest absolute Gasteiger partial charge is 0.0697 e. The second-order valence-corrected chi connectivity index (χ2v) is 4.74. The number of nitrogens with one attached hydrogen (secondary N) is 1. The third-order valence-electron chi connectivity index (χ3n) is 3.02. The van der Waals surface area contributed by atoms with Gasteiger partial charge in [0.1, 0.15) is 0 Å². The summed E-state index contributed by atoms with van der Waals surface area (Å²) in [4.78, 5) is 0. The molecule has 1 fully saturated rings. The van der Waals surface area contributed by atoms with E-state index >= 15 is 0 Å². The summed E-state index contributed by atoms with van der Waals surface area (Å²) in [5.74, 6) is 0. The SMILES string of the molecule is CC[C@H]1CN[C@@H](Cc2ccc(Cl)cc2)CO1. The lowest BCUT2D eigenvalue weighted by Crippen LogP contribution is -2.47. The maximum Gasteiger partial charge on any atom is 0.0697 e. The van der Waals surface area contributed by atoms with E-state index in [0.717, 1.165) is 31.0 Å². The van der Waals surface area contributed by atoms with Crippen LogP contribution in [-0.2, 0) is 11.2 Å². The minimum Gasteiger partial charge on any atom is -0.375 e. The fourth-order valence-corrected chi connectivity index (χ4v) is 2.09. The van der Waals surface area contributed by atoms with Gasteiger partial charge in [0, 0.05) is 17.6 Å². The number of hydrogen-bond acceptors (Lipinski definition) is 2. The van der Waals surface area contributed by atoms with Crippen molar-refractivity contribution in [3.8, 4) is 0 Å². The van der Waals surface area contributed by atoms with Gasteiger partial charge >= 0.3 is 0 Å². The Balaban J connectivity index is 1.84. The number of ether oxygens (including phenoxy) is 1. The van der Waals surface area contributed by atoms with E-state index in [9.17, 15) is 0 Å². The van der Waals surface area contributed by atoms with Crippen LogP contribution in [0.25, 0.3) is 0 Å². The summed E-state index contributed by atoms with van der Waals surface area (Å²) < 4.78 is 5.75. The van der Waals surface area contributed by atoms with E-state index in [1.807, 2.05) is 12.1 Å². The molecule has 16 heavy (non-hydrogen) atoms. The molecular formula is C13H18ClNO. The molecule has 2 rings (SSSR count). The number of benzene rings is 1. The molecule has 0 radical (unpaired) electrons. The Labute approximate surface area is 102 Å². The first kappa shape index (κ1) is 11.9. The lowest BCUT2D eigenvalue weighted by molar-refractivity contribution is 0.00272. The van der Waals surface area contributed by atoms with Crippen molar-refractivity contribution in [2.45, 2.75) is 31.9 Å². The van der Waals surface area contributed by atoms with Crippen molar-refractivity contribution in [2.75, 3.05) is 13.2 Å². The highest BCUT2D eigenvalue weighted by Gasteiger charge is 2.19. The highest BCUT2D eigenvalue weighted by Crippen LogP contribution is 2.13. The maximum absolute atomic E-state index is 5.85. The second-order valence-electron chi connectivity index (χ2n) is 4.30. The standard InChI is InChI=1S/C13H18ClNO/c1-2-13-8-15-12(9-16-13)7-10-3-5-11(14)6-4-10/h3-6,12-13,15H,2,7-9H2,1H3/t12-,13-/m0/s1. The molecule has 2 nitrogen and oxygen atoms in total. The topological polar surface area (TPSA) is 21.3 Å². The van der Waals surface area contributed by atoms with Gasteiger partial charge in [-0.15, -0.1) is 0 Å². The van der Waals surface area contributed by atoms with E-state index < -0.39 is 0 Å². The summed E-state index contributed by atoms with van der Waals surface area (Å²) in [5.41, 5.74) is 1.31. The molecule has 0 aromatic heterocycles. The minimum atomic E-state index is 0.390. The molecule has 1 heterocycles. The second kappa shape index (κ2) is 5.67. The average Bonchev–Trinajstić information content (AvgIpc) is 2.33. The van der Waals surface area contributed by atoms with Gasteiger partial charge in [-0.25, -0.2) is 0 Å². The molecule has 1 aliphatic rings. The fourth-order valence-electron chi connectivity index (χ4n) is 1.97. The molecule has 3 heteroatoms. The molecular weight excluding hydrogens is 222 g/mol. The Hall–Kier alpha value is -0.570. The van der Waals surface area contributed by atoms with Crippen LogP contribution in [0, 0.1) is 0 Å². The molecule has 2 atom stereocenters. The van der Waals surface area contributed by atoms with Crippen LogP contribution < -0.4 is 5.32 Å². The van der Waals surface area contributed by atoms with Crippen LogP contribution in [0.3, 0.4) is 0 Å². The number of hydrogen-bond donors (Lipinski definition) is 1. The Kier molecular flexibility index (Phi) is 4.22. The van der Waals surface area contributed by atoms with E-state index in [0.29, 0.717) is 12.1 Å². The van der Waals surface area contributed by atoms with Gasteiger partial charge in [0.25, 0.3) is 0 Å². The summed E-state index contributed by atoms with van der Waals surface area (Å²) in [6.07, 6.45) is 2.48. The Morgan fingerprint density at radius 2 is 2.12 bits per heavy atom. The van der Waals surface area contributed by atoms with Crippen molar-refractivity contribution < 1.29 is 4.74 Å². The Morgan fingerprint density at radius 3 is 2.69 bits per heavy atom. The molecule has 88 valence electrons. The van der Waals surface area contributed by atoms with Crippen LogP contribution in [0.1, 0.15) is 18.9 Å². The fraction of sp³-hybridized carbons (Fsp3) is 0.538. The number of halogens is 1. The van der Waals surface area contributed by atoms with E-state index in [1.54, 1.807) is 0 Å². The molecule has 1 saturated heterocycles. The van der Waals surface area contributed by atoms with Gasteiger partial charge in [0.05, 0.1) is 12.7 Å². The van der Waals surface area contributed by atoms with Gasteiger partial charge in [-0.05, 0) is 30.5 Å². The summed E-state index contributed by atoms with van der Waals surface area (Å²) in [7, 11) is 0. The van der Waals surface area contributed by atoms with Crippen LogP contribution in [-0.4, -0.2) is 25.3 Å². The molecule has 0 saturated carbocycles. The molecule has 1 aliphatic heterocycles. The molecule has 0 amide bonds. The largest absolute Gasteiger partial charge is 0.375 e. The zero-order valence-corrected chi connectivity index (χ0v) is 10.3. The highest BCUT2D eigenvalue weighted by molar-refractivity contribution is 6.30. The van der Waals surface area contributed by atoms with Crippen molar-refractivity contribution in [1.82, 2.24) is 5.32 Å².